The Bertz CT molecular complexity index is 471. The van der Waals surface area contributed by atoms with E-state index in [1.807, 2.05) is 37.5 Å². The van der Waals surface area contributed by atoms with Crippen LogP contribution in [0.3, 0.4) is 0 Å². The van der Waals surface area contributed by atoms with E-state index in [0.717, 1.165) is 16.9 Å². The third-order valence-corrected chi connectivity index (χ3v) is 3.63. The monoisotopic (exact) mass is 244 g/mol. The van der Waals surface area contributed by atoms with Crippen LogP contribution in [0.25, 0.3) is 0 Å². The maximum absolute atomic E-state index is 6.15. The first kappa shape index (κ1) is 12.1. The Balaban J connectivity index is 1.96. The molecule has 17 heavy (non-hydrogen) atoms. The normalized spacial score (nSPS) is 12.4. The van der Waals surface area contributed by atoms with E-state index in [1.54, 1.807) is 11.8 Å². The molecular formula is C14H16N2S. The topological polar surface area (TPSA) is 38.9 Å². The van der Waals surface area contributed by atoms with Gasteiger partial charge in [-0.25, -0.2) is 0 Å². The van der Waals surface area contributed by atoms with Crippen LogP contribution in [0.2, 0.25) is 0 Å². The van der Waals surface area contributed by atoms with Crippen LogP contribution < -0.4 is 5.73 Å². The number of aryl methyl sites for hydroxylation is 1. The van der Waals surface area contributed by atoms with Crippen LogP contribution in [0.5, 0.6) is 0 Å². The highest BCUT2D eigenvalue weighted by molar-refractivity contribution is 7.99. The van der Waals surface area contributed by atoms with Crippen molar-refractivity contribution in [1.29, 1.82) is 0 Å². The lowest BCUT2D eigenvalue weighted by atomic mass is 10.1. The van der Waals surface area contributed by atoms with E-state index in [4.69, 9.17) is 5.73 Å². The summed E-state index contributed by atoms with van der Waals surface area (Å²) in [5.41, 5.74) is 8.41. The Kier molecular flexibility index (Phi) is 4.18. The molecule has 2 aromatic rings. The molecule has 1 aromatic heterocycles. The van der Waals surface area contributed by atoms with E-state index in [2.05, 4.69) is 23.2 Å². The summed E-state index contributed by atoms with van der Waals surface area (Å²) in [6.07, 6.45) is 3.70. The molecule has 0 aliphatic rings. The highest BCUT2D eigenvalue weighted by Crippen LogP contribution is 2.22. The number of pyridine rings is 1. The van der Waals surface area contributed by atoms with Crippen LogP contribution in [0.1, 0.15) is 17.2 Å². The molecule has 0 saturated carbocycles. The molecule has 0 aliphatic heterocycles. The second kappa shape index (κ2) is 5.84. The highest BCUT2D eigenvalue weighted by Gasteiger charge is 2.07. The number of nitrogens with zero attached hydrogens (tertiary/aromatic N) is 1. The Labute approximate surface area is 106 Å². The van der Waals surface area contributed by atoms with Gasteiger partial charge in [0, 0.05) is 29.1 Å². The van der Waals surface area contributed by atoms with E-state index in [0.29, 0.717) is 0 Å². The molecule has 0 amide bonds. The standard InChI is InChI=1S/C14H16N2S/c1-11-7-12(9-16-8-11)14(15)10-17-13-5-3-2-4-6-13/h2-9,14H,10,15H2,1H3. The molecule has 0 radical (unpaired) electrons. The van der Waals surface area contributed by atoms with Gasteiger partial charge >= 0.3 is 0 Å². The molecule has 0 spiro atoms. The summed E-state index contributed by atoms with van der Waals surface area (Å²) in [7, 11) is 0. The number of thioether (sulfide) groups is 1. The first-order valence-electron chi connectivity index (χ1n) is 5.60. The van der Waals surface area contributed by atoms with Crippen LogP contribution in [0.4, 0.5) is 0 Å². The van der Waals surface area contributed by atoms with Crippen molar-refractivity contribution in [2.45, 2.75) is 17.9 Å². The summed E-state index contributed by atoms with van der Waals surface area (Å²) in [6.45, 7) is 2.04. The number of aromatic nitrogens is 1. The molecule has 2 nitrogen and oxygen atoms in total. The van der Waals surface area contributed by atoms with E-state index in [-0.39, 0.29) is 6.04 Å². The van der Waals surface area contributed by atoms with Crippen molar-refractivity contribution in [1.82, 2.24) is 4.98 Å². The third-order valence-electron chi connectivity index (χ3n) is 2.50. The number of benzene rings is 1. The third kappa shape index (κ3) is 3.58. The largest absolute Gasteiger partial charge is 0.323 e. The molecule has 1 atom stereocenters. The minimum Gasteiger partial charge on any atom is -0.323 e. The molecule has 2 rings (SSSR count). The van der Waals surface area contributed by atoms with Crippen molar-refractivity contribution >= 4 is 11.8 Å². The van der Waals surface area contributed by atoms with Gasteiger partial charge in [0.1, 0.15) is 0 Å². The first-order chi connectivity index (χ1) is 8.25. The van der Waals surface area contributed by atoms with Crippen molar-refractivity contribution in [3.05, 3.63) is 59.9 Å². The first-order valence-corrected chi connectivity index (χ1v) is 6.59. The van der Waals surface area contributed by atoms with Gasteiger partial charge in [0.2, 0.25) is 0 Å². The Morgan fingerprint density at radius 3 is 2.71 bits per heavy atom. The van der Waals surface area contributed by atoms with Crippen LogP contribution >= 0.6 is 11.8 Å². The zero-order valence-electron chi connectivity index (χ0n) is 9.84. The summed E-state index contributed by atoms with van der Waals surface area (Å²) in [5, 5.41) is 0. The van der Waals surface area contributed by atoms with E-state index in [1.165, 1.54) is 4.90 Å². The van der Waals surface area contributed by atoms with Gasteiger partial charge in [-0.1, -0.05) is 24.3 Å². The Morgan fingerprint density at radius 1 is 1.24 bits per heavy atom. The quantitative estimate of drug-likeness (QED) is 0.840. The average Bonchev–Trinajstić information content (AvgIpc) is 2.37. The lowest BCUT2D eigenvalue weighted by molar-refractivity contribution is 0.822. The Morgan fingerprint density at radius 2 is 2.00 bits per heavy atom. The van der Waals surface area contributed by atoms with Gasteiger partial charge in [-0.15, -0.1) is 11.8 Å². The zero-order chi connectivity index (χ0) is 12.1. The second-order valence-corrected chi connectivity index (χ2v) is 5.12. The van der Waals surface area contributed by atoms with Crippen molar-refractivity contribution in [3.63, 3.8) is 0 Å². The molecule has 0 bridgehead atoms. The number of nitrogens with two attached hydrogens (primary N) is 1. The van der Waals surface area contributed by atoms with Gasteiger partial charge in [0.15, 0.2) is 0 Å². The fourth-order valence-electron chi connectivity index (χ4n) is 1.58. The minimum absolute atomic E-state index is 0.0348. The van der Waals surface area contributed by atoms with Gasteiger partial charge in [-0.3, -0.25) is 4.98 Å². The molecule has 3 heteroatoms. The van der Waals surface area contributed by atoms with Crippen molar-refractivity contribution in [2.24, 2.45) is 5.73 Å². The summed E-state index contributed by atoms with van der Waals surface area (Å²) in [4.78, 5) is 5.42. The van der Waals surface area contributed by atoms with Gasteiger partial charge in [0.25, 0.3) is 0 Å². The molecule has 1 unspecified atom stereocenters. The summed E-state index contributed by atoms with van der Waals surface area (Å²) in [5.74, 6) is 0.870. The summed E-state index contributed by atoms with van der Waals surface area (Å²) >= 11 is 1.78. The van der Waals surface area contributed by atoms with Crippen molar-refractivity contribution in [3.8, 4) is 0 Å². The predicted molar refractivity (Wildman–Crippen MR) is 73.1 cm³/mol. The number of hydrogen-bond donors (Lipinski definition) is 1. The van der Waals surface area contributed by atoms with Crippen LogP contribution in [0, 0.1) is 6.92 Å². The van der Waals surface area contributed by atoms with Gasteiger partial charge in [-0.05, 0) is 30.2 Å². The fraction of sp³-hybridized carbons (Fsp3) is 0.214. The zero-order valence-corrected chi connectivity index (χ0v) is 10.7. The van der Waals surface area contributed by atoms with Crippen molar-refractivity contribution in [2.75, 3.05) is 5.75 Å². The van der Waals surface area contributed by atoms with Gasteiger partial charge in [0.05, 0.1) is 0 Å². The van der Waals surface area contributed by atoms with Crippen LogP contribution in [-0.4, -0.2) is 10.7 Å². The number of rotatable bonds is 4. The van der Waals surface area contributed by atoms with Gasteiger partial charge in [-0.2, -0.15) is 0 Å². The maximum atomic E-state index is 6.15. The van der Waals surface area contributed by atoms with E-state index in [9.17, 15) is 0 Å². The maximum Gasteiger partial charge on any atom is 0.0405 e. The SMILES string of the molecule is Cc1cncc(C(N)CSc2ccccc2)c1. The predicted octanol–water partition coefficient (Wildman–Crippen LogP) is 3.18. The Hall–Kier alpha value is -1.32. The van der Waals surface area contributed by atoms with E-state index >= 15 is 0 Å². The van der Waals surface area contributed by atoms with Gasteiger partial charge < -0.3 is 5.73 Å². The van der Waals surface area contributed by atoms with Crippen LogP contribution in [0.15, 0.2) is 53.7 Å². The lowest BCUT2D eigenvalue weighted by Crippen LogP contribution is -2.13. The molecular weight excluding hydrogens is 228 g/mol. The number of hydrogen-bond acceptors (Lipinski definition) is 3. The average molecular weight is 244 g/mol. The lowest BCUT2D eigenvalue weighted by Gasteiger charge is -2.11. The molecule has 0 fully saturated rings. The molecule has 1 aromatic carbocycles. The summed E-state index contributed by atoms with van der Waals surface area (Å²) < 4.78 is 0. The van der Waals surface area contributed by atoms with Crippen molar-refractivity contribution < 1.29 is 0 Å². The fourth-order valence-corrected chi connectivity index (χ4v) is 2.49. The minimum atomic E-state index is 0.0348. The van der Waals surface area contributed by atoms with E-state index < -0.39 is 0 Å². The molecule has 1 heterocycles. The molecule has 2 N–H and O–H groups in total. The smallest absolute Gasteiger partial charge is 0.0405 e. The summed E-state index contributed by atoms with van der Waals surface area (Å²) in [6, 6.07) is 12.5. The molecule has 0 saturated heterocycles. The molecule has 88 valence electrons. The van der Waals surface area contributed by atoms with Crippen LogP contribution in [-0.2, 0) is 0 Å². The molecule has 0 aliphatic carbocycles. The second-order valence-electron chi connectivity index (χ2n) is 4.03. The highest BCUT2D eigenvalue weighted by atomic mass is 32.2.